The van der Waals surface area contributed by atoms with Gasteiger partial charge >= 0.3 is 0 Å². The van der Waals surface area contributed by atoms with Gasteiger partial charge in [-0.15, -0.1) is 0 Å². The van der Waals surface area contributed by atoms with E-state index in [-0.39, 0.29) is 0 Å². The van der Waals surface area contributed by atoms with E-state index in [2.05, 4.69) is 51.0 Å². The summed E-state index contributed by atoms with van der Waals surface area (Å²) < 4.78 is 5.70. The van der Waals surface area contributed by atoms with Gasteiger partial charge in [0.25, 0.3) is 0 Å². The van der Waals surface area contributed by atoms with Crippen molar-refractivity contribution in [1.29, 1.82) is 0 Å². The number of hydrogen-bond acceptors (Lipinski definition) is 2. The molecule has 0 saturated heterocycles. The van der Waals surface area contributed by atoms with Crippen molar-refractivity contribution in [1.82, 2.24) is 4.90 Å². The predicted octanol–water partition coefficient (Wildman–Crippen LogP) is 3.49. The van der Waals surface area contributed by atoms with Gasteiger partial charge < -0.3 is 9.64 Å². The molecule has 0 N–H and O–H groups in total. The Balaban J connectivity index is 2.63. The monoisotopic (exact) mass is 221 g/mol. The first-order valence-corrected chi connectivity index (χ1v) is 6.04. The minimum absolute atomic E-state index is 0.426. The Labute approximate surface area is 99.2 Å². The van der Waals surface area contributed by atoms with Crippen molar-refractivity contribution in [2.24, 2.45) is 0 Å². The van der Waals surface area contributed by atoms with E-state index < -0.39 is 0 Å². The average molecular weight is 221 g/mol. The van der Waals surface area contributed by atoms with Gasteiger partial charge in [0.1, 0.15) is 5.75 Å². The molecule has 1 aromatic rings. The molecular formula is C14H23NO. The molecule has 0 spiro atoms. The molecule has 1 atom stereocenters. The molecule has 16 heavy (non-hydrogen) atoms. The smallest absolute Gasteiger partial charge is 0.119 e. The summed E-state index contributed by atoms with van der Waals surface area (Å²) in [5.41, 5.74) is 1.30. The fraction of sp³-hybridized carbons (Fsp3) is 0.571. The van der Waals surface area contributed by atoms with E-state index in [1.807, 2.05) is 6.07 Å². The number of benzene rings is 1. The van der Waals surface area contributed by atoms with Crippen LogP contribution in [-0.2, 0) is 0 Å². The maximum Gasteiger partial charge on any atom is 0.119 e. The second kappa shape index (κ2) is 6.54. The zero-order valence-electron chi connectivity index (χ0n) is 10.9. The van der Waals surface area contributed by atoms with E-state index in [0.717, 1.165) is 18.8 Å². The van der Waals surface area contributed by atoms with Gasteiger partial charge in [-0.1, -0.05) is 25.5 Å². The summed E-state index contributed by atoms with van der Waals surface area (Å²) in [5.74, 6) is 0.986. The van der Waals surface area contributed by atoms with Crippen molar-refractivity contribution in [3.05, 3.63) is 29.8 Å². The third kappa shape index (κ3) is 3.86. The fourth-order valence-corrected chi connectivity index (χ4v) is 1.50. The molecule has 0 radical (unpaired) electrons. The molecule has 2 nitrogen and oxygen atoms in total. The van der Waals surface area contributed by atoms with Crippen molar-refractivity contribution >= 4 is 0 Å². The molecule has 0 aromatic heterocycles. The number of ether oxygens (including phenoxy) is 1. The maximum atomic E-state index is 5.70. The van der Waals surface area contributed by atoms with Crippen LogP contribution in [0, 0.1) is 0 Å². The first-order chi connectivity index (χ1) is 7.65. The quantitative estimate of drug-likeness (QED) is 0.682. The molecule has 0 fully saturated rings. The lowest BCUT2D eigenvalue weighted by atomic mass is 10.1. The van der Waals surface area contributed by atoms with Gasteiger partial charge in [0.2, 0.25) is 0 Å². The van der Waals surface area contributed by atoms with Crippen LogP contribution >= 0.6 is 0 Å². The van der Waals surface area contributed by atoms with Gasteiger partial charge in [-0.05, 0) is 45.1 Å². The van der Waals surface area contributed by atoms with Crippen LogP contribution < -0.4 is 4.74 Å². The van der Waals surface area contributed by atoms with E-state index >= 15 is 0 Å². The highest BCUT2D eigenvalue weighted by atomic mass is 16.5. The summed E-state index contributed by atoms with van der Waals surface area (Å²) in [6.45, 7) is 5.19. The van der Waals surface area contributed by atoms with Crippen LogP contribution in [-0.4, -0.2) is 25.6 Å². The molecule has 0 aliphatic carbocycles. The number of hydrogen-bond donors (Lipinski definition) is 0. The highest BCUT2D eigenvalue weighted by Gasteiger charge is 2.08. The summed E-state index contributed by atoms with van der Waals surface area (Å²) in [6, 6.07) is 8.81. The van der Waals surface area contributed by atoms with Gasteiger partial charge in [-0.3, -0.25) is 0 Å². The van der Waals surface area contributed by atoms with Crippen molar-refractivity contribution in [3.63, 3.8) is 0 Å². The summed E-state index contributed by atoms with van der Waals surface area (Å²) in [4.78, 5) is 2.20. The zero-order chi connectivity index (χ0) is 12.0. The van der Waals surface area contributed by atoms with E-state index in [4.69, 9.17) is 4.74 Å². The third-order valence-corrected chi connectivity index (χ3v) is 2.88. The van der Waals surface area contributed by atoms with Crippen LogP contribution in [0.15, 0.2) is 24.3 Å². The Hall–Kier alpha value is -1.02. The Morgan fingerprint density at radius 3 is 2.69 bits per heavy atom. The number of unbranched alkanes of at least 4 members (excludes halogenated alkanes) is 1. The zero-order valence-corrected chi connectivity index (χ0v) is 10.9. The van der Waals surface area contributed by atoms with Crippen LogP contribution in [0.4, 0.5) is 0 Å². The van der Waals surface area contributed by atoms with Gasteiger partial charge in [0, 0.05) is 6.04 Å². The van der Waals surface area contributed by atoms with Gasteiger partial charge in [-0.25, -0.2) is 0 Å². The summed E-state index contributed by atoms with van der Waals surface area (Å²) >= 11 is 0. The molecule has 1 rings (SSSR count). The Kier molecular flexibility index (Phi) is 5.33. The van der Waals surface area contributed by atoms with Crippen LogP contribution in [0.25, 0.3) is 0 Å². The normalized spacial score (nSPS) is 12.8. The third-order valence-electron chi connectivity index (χ3n) is 2.88. The lowest BCUT2D eigenvalue weighted by Crippen LogP contribution is -2.16. The SMILES string of the molecule is CCCCOc1cccc(C(C)N(C)C)c1. The number of nitrogens with zero attached hydrogens (tertiary/aromatic N) is 1. The molecule has 0 bridgehead atoms. The second-order valence-corrected chi connectivity index (χ2v) is 4.41. The van der Waals surface area contributed by atoms with Crippen molar-refractivity contribution in [2.45, 2.75) is 32.7 Å². The summed E-state index contributed by atoms with van der Waals surface area (Å²) in [5, 5.41) is 0. The molecule has 1 unspecified atom stereocenters. The Morgan fingerprint density at radius 2 is 2.06 bits per heavy atom. The minimum Gasteiger partial charge on any atom is -0.494 e. The van der Waals surface area contributed by atoms with E-state index in [1.165, 1.54) is 12.0 Å². The molecule has 0 aliphatic rings. The summed E-state index contributed by atoms with van der Waals surface area (Å²) in [7, 11) is 4.19. The first-order valence-electron chi connectivity index (χ1n) is 6.04. The fourth-order valence-electron chi connectivity index (χ4n) is 1.50. The van der Waals surface area contributed by atoms with Crippen molar-refractivity contribution in [2.75, 3.05) is 20.7 Å². The van der Waals surface area contributed by atoms with Gasteiger partial charge in [0.05, 0.1) is 6.61 Å². The molecule has 0 saturated carbocycles. The topological polar surface area (TPSA) is 12.5 Å². The van der Waals surface area contributed by atoms with E-state index in [0.29, 0.717) is 6.04 Å². The molecule has 0 aliphatic heterocycles. The second-order valence-electron chi connectivity index (χ2n) is 4.41. The van der Waals surface area contributed by atoms with Gasteiger partial charge in [-0.2, -0.15) is 0 Å². The molecule has 1 aromatic carbocycles. The van der Waals surface area contributed by atoms with Crippen LogP contribution in [0.2, 0.25) is 0 Å². The van der Waals surface area contributed by atoms with Crippen molar-refractivity contribution in [3.8, 4) is 5.75 Å². The summed E-state index contributed by atoms with van der Waals surface area (Å²) in [6.07, 6.45) is 2.29. The average Bonchev–Trinajstić information content (AvgIpc) is 2.29. The lowest BCUT2D eigenvalue weighted by molar-refractivity contribution is 0.303. The molecule has 2 heteroatoms. The minimum atomic E-state index is 0.426. The van der Waals surface area contributed by atoms with Crippen LogP contribution in [0.1, 0.15) is 38.3 Å². The highest BCUT2D eigenvalue weighted by molar-refractivity contribution is 5.30. The highest BCUT2D eigenvalue weighted by Crippen LogP contribution is 2.22. The molecule has 0 heterocycles. The van der Waals surface area contributed by atoms with E-state index in [9.17, 15) is 0 Å². The maximum absolute atomic E-state index is 5.70. The molecular weight excluding hydrogens is 198 g/mol. The largest absolute Gasteiger partial charge is 0.494 e. The molecule has 90 valence electrons. The molecule has 0 amide bonds. The first kappa shape index (κ1) is 13.0. The van der Waals surface area contributed by atoms with Crippen LogP contribution in [0.3, 0.4) is 0 Å². The Morgan fingerprint density at radius 1 is 1.31 bits per heavy atom. The lowest BCUT2D eigenvalue weighted by Gasteiger charge is -2.20. The van der Waals surface area contributed by atoms with E-state index in [1.54, 1.807) is 0 Å². The van der Waals surface area contributed by atoms with Crippen molar-refractivity contribution < 1.29 is 4.74 Å². The Bertz CT molecular complexity index is 309. The van der Waals surface area contributed by atoms with Gasteiger partial charge in [0.15, 0.2) is 0 Å². The van der Waals surface area contributed by atoms with Crippen LogP contribution in [0.5, 0.6) is 5.75 Å². The predicted molar refractivity (Wildman–Crippen MR) is 68.9 cm³/mol. The number of rotatable bonds is 6. The standard InChI is InChI=1S/C14H23NO/c1-5-6-10-16-14-9-7-8-13(11-14)12(2)15(3)4/h7-9,11-12H,5-6,10H2,1-4H3.